The fourth-order valence-corrected chi connectivity index (χ4v) is 3.82. The first-order valence-corrected chi connectivity index (χ1v) is 8.75. The van der Waals surface area contributed by atoms with Gasteiger partial charge in [-0.1, -0.05) is 0 Å². The molecule has 1 aromatic heterocycles. The topological polar surface area (TPSA) is 76.7 Å². The maximum atomic E-state index is 12.0. The summed E-state index contributed by atoms with van der Waals surface area (Å²) in [5, 5.41) is 4.84. The van der Waals surface area contributed by atoms with Crippen molar-refractivity contribution >= 4 is 21.4 Å². The molecular weight excluding hydrogens is 300 g/mol. The molecule has 0 atom stereocenters. The minimum absolute atomic E-state index is 0.350. The number of hydrogen-bond donors (Lipinski definition) is 2. The van der Waals surface area contributed by atoms with Crippen LogP contribution >= 0.6 is 11.3 Å². The number of sulfonamides is 1. The Bertz CT molecular complexity index is 474. The van der Waals surface area contributed by atoms with Gasteiger partial charge in [-0.2, -0.15) is 0 Å². The average Bonchev–Trinajstić information content (AvgIpc) is 2.88. The van der Waals surface area contributed by atoms with E-state index < -0.39 is 10.0 Å². The zero-order valence-electron chi connectivity index (χ0n) is 11.8. The maximum Gasteiger partial charge on any atom is 0.250 e. The van der Waals surface area contributed by atoms with Gasteiger partial charge in [0.25, 0.3) is 0 Å². The summed E-state index contributed by atoms with van der Waals surface area (Å²) in [5.41, 5.74) is 0.973. The first-order chi connectivity index (χ1) is 9.60. The van der Waals surface area contributed by atoms with Crippen molar-refractivity contribution in [3.63, 3.8) is 0 Å². The van der Waals surface area contributed by atoms with Crippen molar-refractivity contribution < 1.29 is 17.9 Å². The van der Waals surface area contributed by atoms with Crippen molar-refractivity contribution in [3.05, 3.63) is 17.0 Å². The van der Waals surface area contributed by atoms with Crippen LogP contribution in [0.5, 0.6) is 0 Å². The molecule has 0 saturated heterocycles. The van der Waals surface area contributed by atoms with E-state index >= 15 is 0 Å². The first kappa shape index (κ1) is 17.5. The summed E-state index contributed by atoms with van der Waals surface area (Å²) in [6, 6.07) is 1.69. The van der Waals surface area contributed by atoms with Crippen LogP contribution in [0.4, 0.5) is 0 Å². The second-order valence-electron chi connectivity index (χ2n) is 4.16. The molecule has 0 spiro atoms. The number of ether oxygens (including phenoxy) is 2. The van der Waals surface area contributed by atoms with Crippen molar-refractivity contribution in [1.29, 1.82) is 0 Å². The van der Waals surface area contributed by atoms with Crippen LogP contribution in [-0.2, 0) is 26.0 Å². The van der Waals surface area contributed by atoms with Gasteiger partial charge in [-0.05, 0) is 30.5 Å². The summed E-state index contributed by atoms with van der Waals surface area (Å²) in [6.45, 7) is 2.63. The van der Waals surface area contributed by atoms with E-state index in [1.807, 2.05) is 12.4 Å². The summed E-state index contributed by atoms with van der Waals surface area (Å²) < 4.78 is 37.0. The van der Waals surface area contributed by atoms with Crippen molar-refractivity contribution in [1.82, 2.24) is 10.0 Å². The Kier molecular flexibility index (Phi) is 8.27. The van der Waals surface area contributed by atoms with Gasteiger partial charge in [-0.15, -0.1) is 11.3 Å². The third-order valence-electron chi connectivity index (χ3n) is 2.46. The summed E-state index contributed by atoms with van der Waals surface area (Å²) in [6.07, 6.45) is 0.637. The largest absolute Gasteiger partial charge is 0.382 e. The first-order valence-electron chi connectivity index (χ1n) is 6.38. The zero-order chi connectivity index (χ0) is 14.8. The van der Waals surface area contributed by atoms with E-state index in [-0.39, 0.29) is 0 Å². The lowest BCUT2D eigenvalue weighted by Crippen LogP contribution is -2.25. The third kappa shape index (κ3) is 6.29. The van der Waals surface area contributed by atoms with Crippen LogP contribution in [0, 0.1) is 0 Å². The third-order valence-corrected chi connectivity index (χ3v) is 5.41. The van der Waals surface area contributed by atoms with E-state index in [1.54, 1.807) is 13.2 Å². The normalized spacial score (nSPS) is 11.9. The van der Waals surface area contributed by atoms with Gasteiger partial charge in [0.15, 0.2) is 0 Å². The molecule has 0 bridgehead atoms. The van der Waals surface area contributed by atoms with E-state index in [0.717, 1.165) is 5.56 Å². The quantitative estimate of drug-likeness (QED) is 0.589. The Balaban J connectivity index is 2.30. The van der Waals surface area contributed by atoms with E-state index in [1.165, 1.54) is 11.3 Å². The summed E-state index contributed by atoms with van der Waals surface area (Å²) >= 11 is 1.23. The molecule has 0 aliphatic carbocycles. The van der Waals surface area contributed by atoms with Crippen molar-refractivity contribution in [3.8, 4) is 0 Å². The van der Waals surface area contributed by atoms with Crippen molar-refractivity contribution in [2.24, 2.45) is 0 Å². The van der Waals surface area contributed by atoms with Crippen LogP contribution in [0.25, 0.3) is 0 Å². The van der Waals surface area contributed by atoms with Gasteiger partial charge in [0.1, 0.15) is 4.21 Å². The minimum atomic E-state index is -3.39. The standard InChI is InChI=1S/C12H22N2O4S2/c1-13-9-11-8-12(19-10-11)20(15,16)14-4-3-5-18-7-6-17-2/h8,10,13-14H,3-7,9H2,1-2H3. The predicted molar refractivity (Wildman–Crippen MR) is 79.6 cm³/mol. The molecule has 1 heterocycles. The molecule has 0 fully saturated rings. The highest BCUT2D eigenvalue weighted by molar-refractivity contribution is 7.91. The number of hydrogen-bond acceptors (Lipinski definition) is 6. The lowest BCUT2D eigenvalue weighted by molar-refractivity contribution is 0.0699. The smallest absolute Gasteiger partial charge is 0.250 e. The Labute approximate surface area is 124 Å². The summed E-state index contributed by atoms with van der Waals surface area (Å²) in [7, 11) is 0.0443. The van der Waals surface area contributed by atoms with Crippen LogP contribution in [0.1, 0.15) is 12.0 Å². The predicted octanol–water partition coefficient (Wildman–Crippen LogP) is 0.799. The van der Waals surface area contributed by atoms with E-state index in [4.69, 9.17) is 9.47 Å². The molecule has 1 aromatic rings. The Morgan fingerprint density at radius 3 is 2.80 bits per heavy atom. The Morgan fingerprint density at radius 1 is 1.30 bits per heavy atom. The minimum Gasteiger partial charge on any atom is -0.382 e. The van der Waals surface area contributed by atoms with E-state index in [2.05, 4.69) is 10.0 Å². The molecule has 0 unspecified atom stereocenters. The highest BCUT2D eigenvalue weighted by Gasteiger charge is 2.15. The van der Waals surface area contributed by atoms with Gasteiger partial charge in [0.2, 0.25) is 10.0 Å². The fraction of sp³-hybridized carbons (Fsp3) is 0.667. The molecule has 6 nitrogen and oxygen atoms in total. The monoisotopic (exact) mass is 322 g/mol. The maximum absolute atomic E-state index is 12.0. The molecule has 0 aliphatic heterocycles. The van der Waals surface area contributed by atoms with Gasteiger partial charge in [0.05, 0.1) is 13.2 Å². The number of nitrogens with one attached hydrogen (secondary N) is 2. The lowest BCUT2D eigenvalue weighted by atomic mass is 10.3. The van der Waals surface area contributed by atoms with Gasteiger partial charge in [-0.3, -0.25) is 0 Å². The summed E-state index contributed by atoms with van der Waals surface area (Å²) in [4.78, 5) is 0. The van der Waals surface area contributed by atoms with Gasteiger partial charge in [0, 0.05) is 26.8 Å². The van der Waals surface area contributed by atoms with Crippen LogP contribution < -0.4 is 10.0 Å². The van der Waals surface area contributed by atoms with Crippen LogP contribution in [-0.4, -0.2) is 48.9 Å². The summed E-state index contributed by atoms with van der Waals surface area (Å²) in [5.74, 6) is 0. The van der Waals surface area contributed by atoms with Crippen molar-refractivity contribution in [2.75, 3.05) is 40.5 Å². The van der Waals surface area contributed by atoms with Crippen molar-refractivity contribution in [2.45, 2.75) is 17.2 Å². The number of rotatable bonds is 11. The second-order valence-corrected chi connectivity index (χ2v) is 7.07. The van der Waals surface area contributed by atoms with Crippen LogP contribution in [0.15, 0.2) is 15.7 Å². The lowest BCUT2D eigenvalue weighted by Gasteiger charge is -2.05. The molecule has 2 N–H and O–H groups in total. The van der Waals surface area contributed by atoms with Gasteiger partial charge < -0.3 is 14.8 Å². The second kappa shape index (κ2) is 9.43. The molecule has 0 aromatic carbocycles. The van der Waals surface area contributed by atoms with E-state index in [0.29, 0.717) is 43.5 Å². The fourth-order valence-electron chi connectivity index (χ4n) is 1.49. The van der Waals surface area contributed by atoms with E-state index in [9.17, 15) is 8.42 Å². The molecule has 116 valence electrons. The number of methoxy groups -OCH3 is 1. The molecule has 0 amide bonds. The number of thiophene rings is 1. The van der Waals surface area contributed by atoms with Gasteiger partial charge in [-0.25, -0.2) is 13.1 Å². The SMILES string of the molecule is CNCc1csc(S(=O)(=O)NCCCOCCOC)c1. The Morgan fingerprint density at radius 2 is 2.10 bits per heavy atom. The van der Waals surface area contributed by atoms with Crippen LogP contribution in [0.3, 0.4) is 0 Å². The zero-order valence-corrected chi connectivity index (χ0v) is 13.5. The van der Waals surface area contributed by atoms with Crippen LogP contribution in [0.2, 0.25) is 0 Å². The average molecular weight is 322 g/mol. The molecule has 0 aliphatic rings. The highest BCUT2D eigenvalue weighted by Crippen LogP contribution is 2.19. The molecular formula is C12H22N2O4S2. The highest BCUT2D eigenvalue weighted by atomic mass is 32.2. The molecule has 8 heteroatoms. The molecule has 1 rings (SSSR count). The van der Waals surface area contributed by atoms with Gasteiger partial charge >= 0.3 is 0 Å². The molecule has 0 radical (unpaired) electrons. The molecule has 0 saturated carbocycles. The Hall–Kier alpha value is -0.510. The molecule has 20 heavy (non-hydrogen) atoms.